The van der Waals surface area contributed by atoms with E-state index in [4.69, 9.17) is 0 Å². The largest absolute Gasteiger partial charge is 0.355 e. The summed E-state index contributed by atoms with van der Waals surface area (Å²) in [6, 6.07) is 6.58. The summed E-state index contributed by atoms with van der Waals surface area (Å²) in [7, 11) is 1.83. The lowest BCUT2D eigenvalue weighted by Gasteiger charge is -2.24. The van der Waals surface area contributed by atoms with Gasteiger partial charge in [-0.15, -0.1) is 0 Å². The molecule has 0 saturated carbocycles. The highest BCUT2D eigenvalue weighted by Gasteiger charge is 2.29. The van der Waals surface area contributed by atoms with Gasteiger partial charge < -0.3 is 10.6 Å². The fraction of sp³-hybridized carbons (Fsp3) is 0.588. The van der Waals surface area contributed by atoms with Crippen LogP contribution < -0.4 is 10.6 Å². The molecule has 1 atom stereocenters. The summed E-state index contributed by atoms with van der Waals surface area (Å²) in [5.74, 6) is 2.18. The molecule has 1 aromatic rings. The second-order valence-electron chi connectivity index (χ2n) is 6.11. The van der Waals surface area contributed by atoms with Crippen molar-refractivity contribution in [3.63, 3.8) is 0 Å². The van der Waals surface area contributed by atoms with E-state index in [2.05, 4.69) is 66.4 Å². The number of hydrogen-bond acceptors (Lipinski definition) is 2. The standard InChI is InChI=1S/C17H27N3S/c1-13-6-7-15(14(2)10-13)11-19-16(18-4)20-12-17(3)8-5-9-21-17/h6-7,10H,5,8-9,11-12H2,1-4H3,(H2,18,19,20). The molecule has 1 saturated heterocycles. The Labute approximate surface area is 133 Å². The predicted octanol–water partition coefficient (Wildman–Crippen LogP) is 3.25. The first-order chi connectivity index (χ1) is 10.0. The Hall–Kier alpha value is -1.16. The molecule has 1 fully saturated rings. The number of benzene rings is 1. The maximum absolute atomic E-state index is 4.33. The van der Waals surface area contributed by atoms with E-state index in [-0.39, 0.29) is 0 Å². The molecular formula is C17H27N3S. The molecule has 3 nitrogen and oxygen atoms in total. The minimum atomic E-state index is 0.359. The summed E-state index contributed by atoms with van der Waals surface area (Å²) in [4.78, 5) is 4.33. The highest BCUT2D eigenvalue weighted by Crippen LogP contribution is 2.36. The fourth-order valence-electron chi connectivity index (χ4n) is 2.69. The van der Waals surface area contributed by atoms with Crippen LogP contribution in [0, 0.1) is 13.8 Å². The third-order valence-electron chi connectivity index (χ3n) is 4.10. The average Bonchev–Trinajstić information content (AvgIpc) is 2.88. The van der Waals surface area contributed by atoms with Crippen molar-refractivity contribution in [1.29, 1.82) is 0 Å². The molecule has 0 radical (unpaired) electrons. The van der Waals surface area contributed by atoms with Crippen molar-refractivity contribution in [2.45, 2.75) is 44.9 Å². The maximum atomic E-state index is 4.33. The van der Waals surface area contributed by atoms with Gasteiger partial charge in [0.25, 0.3) is 0 Å². The van der Waals surface area contributed by atoms with E-state index < -0.39 is 0 Å². The van der Waals surface area contributed by atoms with Gasteiger partial charge >= 0.3 is 0 Å². The molecule has 0 spiro atoms. The Bertz CT molecular complexity index is 505. The molecule has 0 aliphatic carbocycles. The molecule has 0 bridgehead atoms. The molecule has 21 heavy (non-hydrogen) atoms. The molecule has 116 valence electrons. The summed E-state index contributed by atoms with van der Waals surface area (Å²) in [6.07, 6.45) is 2.62. The molecule has 0 amide bonds. The van der Waals surface area contributed by atoms with Crippen molar-refractivity contribution in [3.8, 4) is 0 Å². The maximum Gasteiger partial charge on any atom is 0.191 e. The van der Waals surface area contributed by atoms with Crippen LogP contribution in [0.25, 0.3) is 0 Å². The lowest BCUT2D eigenvalue weighted by atomic mass is 10.1. The first kappa shape index (κ1) is 16.2. The van der Waals surface area contributed by atoms with Gasteiger partial charge in [-0.3, -0.25) is 4.99 Å². The van der Waals surface area contributed by atoms with Crippen molar-refractivity contribution in [2.24, 2.45) is 4.99 Å². The molecule has 0 aromatic heterocycles. The molecular weight excluding hydrogens is 278 g/mol. The van der Waals surface area contributed by atoms with E-state index >= 15 is 0 Å². The van der Waals surface area contributed by atoms with Crippen molar-refractivity contribution in [2.75, 3.05) is 19.3 Å². The molecule has 1 heterocycles. The topological polar surface area (TPSA) is 36.4 Å². The monoisotopic (exact) mass is 305 g/mol. The lowest BCUT2D eigenvalue weighted by Crippen LogP contribution is -2.43. The van der Waals surface area contributed by atoms with Crippen LogP contribution >= 0.6 is 11.8 Å². The van der Waals surface area contributed by atoms with Crippen LogP contribution in [0.15, 0.2) is 23.2 Å². The average molecular weight is 305 g/mol. The predicted molar refractivity (Wildman–Crippen MR) is 94.2 cm³/mol. The molecule has 1 aliphatic rings. The minimum Gasteiger partial charge on any atom is -0.355 e. The number of rotatable bonds is 4. The number of nitrogens with zero attached hydrogens (tertiary/aromatic N) is 1. The van der Waals surface area contributed by atoms with Gasteiger partial charge in [0.15, 0.2) is 5.96 Å². The van der Waals surface area contributed by atoms with Crippen LogP contribution in [0.2, 0.25) is 0 Å². The smallest absolute Gasteiger partial charge is 0.191 e. The first-order valence-corrected chi connectivity index (χ1v) is 8.66. The summed E-state index contributed by atoms with van der Waals surface area (Å²) in [6.45, 7) is 8.43. The Balaban J connectivity index is 1.85. The summed E-state index contributed by atoms with van der Waals surface area (Å²) >= 11 is 2.07. The Kier molecular flexibility index (Phi) is 5.57. The van der Waals surface area contributed by atoms with Crippen molar-refractivity contribution >= 4 is 17.7 Å². The number of guanidine groups is 1. The highest BCUT2D eigenvalue weighted by molar-refractivity contribution is 8.00. The van der Waals surface area contributed by atoms with Gasteiger partial charge in [0.2, 0.25) is 0 Å². The number of hydrogen-bond donors (Lipinski definition) is 2. The van der Waals surface area contributed by atoms with Crippen LogP contribution in [0.5, 0.6) is 0 Å². The van der Waals surface area contributed by atoms with Gasteiger partial charge in [-0.05, 0) is 50.5 Å². The number of nitrogens with one attached hydrogen (secondary N) is 2. The van der Waals surface area contributed by atoms with E-state index in [1.54, 1.807) is 0 Å². The zero-order valence-corrected chi connectivity index (χ0v) is 14.4. The molecule has 4 heteroatoms. The van der Waals surface area contributed by atoms with Gasteiger partial charge in [0, 0.05) is 24.9 Å². The summed E-state index contributed by atoms with van der Waals surface area (Å²) in [5.41, 5.74) is 3.96. The third kappa shape index (κ3) is 4.67. The summed E-state index contributed by atoms with van der Waals surface area (Å²) < 4.78 is 0.359. The van der Waals surface area contributed by atoms with Crippen LogP contribution in [0.4, 0.5) is 0 Å². The highest BCUT2D eigenvalue weighted by atomic mass is 32.2. The van der Waals surface area contributed by atoms with Crippen LogP contribution in [-0.2, 0) is 6.54 Å². The molecule has 2 rings (SSSR count). The molecule has 1 unspecified atom stereocenters. The van der Waals surface area contributed by atoms with E-state index in [1.807, 2.05) is 7.05 Å². The number of thioether (sulfide) groups is 1. The SMILES string of the molecule is CN=C(NCc1ccc(C)cc1C)NCC1(C)CCCS1. The molecule has 1 aliphatic heterocycles. The third-order valence-corrected chi connectivity index (χ3v) is 5.64. The number of aryl methyl sites for hydroxylation is 2. The van der Waals surface area contributed by atoms with Gasteiger partial charge in [-0.2, -0.15) is 11.8 Å². The van der Waals surface area contributed by atoms with Gasteiger partial charge in [-0.25, -0.2) is 0 Å². The Morgan fingerprint density at radius 2 is 2.14 bits per heavy atom. The quantitative estimate of drug-likeness (QED) is 0.662. The zero-order chi connectivity index (χ0) is 15.3. The molecule has 1 aromatic carbocycles. The first-order valence-electron chi connectivity index (χ1n) is 7.67. The summed E-state index contributed by atoms with van der Waals surface area (Å²) in [5, 5.41) is 6.89. The van der Waals surface area contributed by atoms with E-state index in [9.17, 15) is 0 Å². The zero-order valence-electron chi connectivity index (χ0n) is 13.6. The van der Waals surface area contributed by atoms with Gasteiger partial charge in [0.1, 0.15) is 0 Å². The van der Waals surface area contributed by atoms with Gasteiger partial charge in [-0.1, -0.05) is 23.8 Å². The van der Waals surface area contributed by atoms with Crippen LogP contribution in [0.1, 0.15) is 36.5 Å². The van der Waals surface area contributed by atoms with Crippen LogP contribution in [0.3, 0.4) is 0 Å². The van der Waals surface area contributed by atoms with E-state index in [0.29, 0.717) is 4.75 Å². The second kappa shape index (κ2) is 7.21. The Morgan fingerprint density at radius 1 is 1.33 bits per heavy atom. The van der Waals surface area contributed by atoms with Crippen LogP contribution in [-0.4, -0.2) is 30.1 Å². The molecule has 2 N–H and O–H groups in total. The van der Waals surface area contributed by atoms with E-state index in [1.165, 1.54) is 35.3 Å². The van der Waals surface area contributed by atoms with Crippen molar-refractivity contribution in [1.82, 2.24) is 10.6 Å². The van der Waals surface area contributed by atoms with Crippen molar-refractivity contribution in [3.05, 3.63) is 34.9 Å². The lowest BCUT2D eigenvalue weighted by molar-refractivity contribution is 0.584. The van der Waals surface area contributed by atoms with Crippen molar-refractivity contribution < 1.29 is 0 Å². The fourth-order valence-corrected chi connectivity index (χ4v) is 3.94. The number of aliphatic imine (C=N–C) groups is 1. The van der Waals surface area contributed by atoms with E-state index in [0.717, 1.165) is 19.0 Å². The normalized spacial score (nSPS) is 22.4. The minimum absolute atomic E-state index is 0.359. The Morgan fingerprint density at radius 3 is 2.76 bits per heavy atom. The second-order valence-corrected chi connectivity index (χ2v) is 7.79. The van der Waals surface area contributed by atoms with Gasteiger partial charge in [0.05, 0.1) is 0 Å².